The molecule has 0 spiro atoms. The zero-order valence-electron chi connectivity index (χ0n) is 8.35. The lowest BCUT2D eigenvalue weighted by molar-refractivity contribution is 0.586. The van der Waals surface area contributed by atoms with Gasteiger partial charge in [0.2, 0.25) is 0 Å². The lowest BCUT2D eigenvalue weighted by atomic mass is 10.3. The highest BCUT2D eigenvalue weighted by atomic mass is 79.9. The van der Waals surface area contributed by atoms with Gasteiger partial charge in [0.1, 0.15) is 16.2 Å². The van der Waals surface area contributed by atoms with E-state index >= 15 is 0 Å². The van der Waals surface area contributed by atoms with E-state index in [4.69, 9.17) is 11.6 Å². The van der Waals surface area contributed by atoms with Gasteiger partial charge in [-0.1, -0.05) is 17.7 Å². The molecule has 0 amide bonds. The third-order valence-corrected chi connectivity index (χ3v) is 2.71. The summed E-state index contributed by atoms with van der Waals surface area (Å²) in [5, 5.41) is 2.66. The van der Waals surface area contributed by atoms with E-state index in [1.165, 1.54) is 0 Å². The molecule has 1 aromatic carbocycles. The van der Waals surface area contributed by atoms with Crippen molar-refractivity contribution in [3.8, 4) is 0 Å². The van der Waals surface area contributed by atoms with Gasteiger partial charge >= 0.3 is 0 Å². The Hall–Kier alpha value is -1.20. The Morgan fingerprint density at radius 2 is 2.00 bits per heavy atom. The van der Waals surface area contributed by atoms with Crippen LogP contribution in [0.1, 0.15) is 0 Å². The number of pyridine rings is 1. The van der Waals surface area contributed by atoms with Gasteiger partial charge in [-0.25, -0.2) is 13.8 Å². The second-order valence-electron chi connectivity index (χ2n) is 3.21. The van der Waals surface area contributed by atoms with Crippen LogP contribution in [-0.4, -0.2) is 4.98 Å². The molecular weight excluding hydrogens is 313 g/mol. The van der Waals surface area contributed by atoms with Gasteiger partial charge in [-0.05, 0) is 34.1 Å². The molecule has 2 nitrogen and oxygen atoms in total. The average Bonchev–Trinajstić information content (AvgIpc) is 2.23. The van der Waals surface area contributed by atoms with Gasteiger partial charge in [0, 0.05) is 6.07 Å². The molecule has 1 N–H and O–H groups in total. The van der Waals surface area contributed by atoms with Crippen molar-refractivity contribution in [2.24, 2.45) is 0 Å². The molecule has 2 rings (SSSR count). The quantitative estimate of drug-likeness (QED) is 0.823. The number of rotatable bonds is 2. The third-order valence-electron chi connectivity index (χ3n) is 1.98. The largest absolute Gasteiger partial charge is 0.337 e. The van der Waals surface area contributed by atoms with E-state index in [-0.39, 0.29) is 10.7 Å². The van der Waals surface area contributed by atoms with Crippen molar-refractivity contribution < 1.29 is 8.78 Å². The van der Waals surface area contributed by atoms with E-state index in [2.05, 4.69) is 26.2 Å². The Morgan fingerprint density at radius 3 is 2.65 bits per heavy atom. The fourth-order valence-electron chi connectivity index (χ4n) is 1.27. The van der Waals surface area contributed by atoms with E-state index in [9.17, 15) is 8.78 Å². The number of nitrogens with zero attached hydrogens (tertiary/aromatic N) is 1. The van der Waals surface area contributed by atoms with E-state index in [1.807, 2.05) is 0 Å². The fourth-order valence-corrected chi connectivity index (χ4v) is 1.85. The van der Waals surface area contributed by atoms with Crippen LogP contribution in [0.4, 0.5) is 20.3 Å². The van der Waals surface area contributed by atoms with Crippen LogP contribution in [0.15, 0.2) is 34.9 Å². The number of halogens is 4. The van der Waals surface area contributed by atoms with Crippen LogP contribution in [0, 0.1) is 11.6 Å². The Labute approximate surface area is 110 Å². The first-order valence-corrected chi connectivity index (χ1v) is 5.77. The maximum atomic E-state index is 13.5. The Kier molecular flexibility index (Phi) is 3.59. The number of benzene rings is 1. The zero-order valence-corrected chi connectivity index (χ0v) is 10.7. The van der Waals surface area contributed by atoms with Gasteiger partial charge in [-0.15, -0.1) is 0 Å². The number of nitrogens with one attached hydrogen (secondary N) is 1. The minimum absolute atomic E-state index is 0.00123. The van der Waals surface area contributed by atoms with Crippen LogP contribution in [-0.2, 0) is 0 Å². The molecule has 0 saturated carbocycles. The first kappa shape index (κ1) is 12.3. The van der Waals surface area contributed by atoms with E-state index in [1.54, 1.807) is 18.2 Å². The molecule has 0 aliphatic rings. The van der Waals surface area contributed by atoms with Gasteiger partial charge in [0.05, 0.1) is 10.7 Å². The molecule has 0 bridgehead atoms. The molecular formula is C11H6BrClF2N2. The highest BCUT2D eigenvalue weighted by molar-refractivity contribution is 9.10. The molecule has 2 aromatic rings. The lowest BCUT2D eigenvalue weighted by Gasteiger charge is -2.09. The number of hydrogen-bond acceptors (Lipinski definition) is 2. The number of aromatic nitrogens is 1. The molecule has 0 atom stereocenters. The summed E-state index contributed by atoms with van der Waals surface area (Å²) in [5.41, 5.74) is -0.00123. The SMILES string of the molecule is Fc1cc(F)c(Nc2cccc(Br)n2)c(Cl)c1. The molecule has 0 saturated heterocycles. The standard InChI is InChI=1S/C11H6BrClF2N2/c12-9-2-1-3-10(16-9)17-11-7(13)4-6(14)5-8(11)15/h1-5H,(H,16,17). The predicted molar refractivity (Wildman–Crippen MR) is 66.6 cm³/mol. The molecule has 0 aliphatic heterocycles. The third kappa shape index (κ3) is 2.92. The summed E-state index contributed by atoms with van der Waals surface area (Å²) in [6.07, 6.45) is 0. The van der Waals surface area contributed by atoms with Gasteiger partial charge in [0.25, 0.3) is 0 Å². The van der Waals surface area contributed by atoms with Crippen molar-refractivity contribution in [3.63, 3.8) is 0 Å². The van der Waals surface area contributed by atoms with Crippen LogP contribution in [0.5, 0.6) is 0 Å². The summed E-state index contributed by atoms with van der Waals surface area (Å²) in [5.74, 6) is -1.08. The van der Waals surface area contributed by atoms with Crippen molar-refractivity contribution >= 4 is 39.0 Å². The fraction of sp³-hybridized carbons (Fsp3) is 0. The number of hydrogen-bond donors (Lipinski definition) is 1. The van der Waals surface area contributed by atoms with Crippen molar-refractivity contribution in [2.75, 3.05) is 5.32 Å². The summed E-state index contributed by atoms with van der Waals surface area (Å²) in [4.78, 5) is 4.06. The van der Waals surface area contributed by atoms with Gasteiger partial charge in [0.15, 0.2) is 5.82 Å². The zero-order chi connectivity index (χ0) is 12.4. The highest BCUT2D eigenvalue weighted by Crippen LogP contribution is 2.29. The molecule has 0 unspecified atom stereocenters. The summed E-state index contributed by atoms with van der Waals surface area (Å²) in [7, 11) is 0. The van der Waals surface area contributed by atoms with Crippen LogP contribution in [0.2, 0.25) is 5.02 Å². The summed E-state index contributed by atoms with van der Waals surface area (Å²) < 4.78 is 26.9. The van der Waals surface area contributed by atoms with Crippen molar-refractivity contribution in [1.29, 1.82) is 0 Å². The lowest BCUT2D eigenvalue weighted by Crippen LogP contribution is -1.98. The number of anilines is 2. The van der Waals surface area contributed by atoms with Crippen LogP contribution < -0.4 is 5.32 Å². The van der Waals surface area contributed by atoms with E-state index in [0.29, 0.717) is 10.4 Å². The topological polar surface area (TPSA) is 24.9 Å². The normalized spacial score (nSPS) is 10.4. The maximum absolute atomic E-state index is 13.5. The molecule has 17 heavy (non-hydrogen) atoms. The van der Waals surface area contributed by atoms with E-state index < -0.39 is 11.6 Å². The Balaban J connectivity index is 2.36. The molecule has 0 aliphatic carbocycles. The molecule has 0 fully saturated rings. The van der Waals surface area contributed by atoms with Crippen molar-refractivity contribution in [1.82, 2.24) is 4.98 Å². The second kappa shape index (κ2) is 4.98. The summed E-state index contributed by atoms with van der Waals surface area (Å²) >= 11 is 8.93. The summed E-state index contributed by atoms with van der Waals surface area (Å²) in [6, 6.07) is 6.89. The maximum Gasteiger partial charge on any atom is 0.151 e. The molecule has 88 valence electrons. The minimum atomic E-state index is -0.767. The average molecular weight is 320 g/mol. The van der Waals surface area contributed by atoms with Crippen molar-refractivity contribution in [3.05, 3.63) is 51.6 Å². The first-order valence-electron chi connectivity index (χ1n) is 4.60. The van der Waals surface area contributed by atoms with Gasteiger partial charge < -0.3 is 5.32 Å². The van der Waals surface area contributed by atoms with Crippen LogP contribution in [0.25, 0.3) is 0 Å². The van der Waals surface area contributed by atoms with Gasteiger partial charge in [-0.3, -0.25) is 0 Å². The predicted octanol–water partition coefficient (Wildman–Crippen LogP) is 4.52. The molecule has 0 radical (unpaired) electrons. The smallest absolute Gasteiger partial charge is 0.151 e. The minimum Gasteiger partial charge on any atom is -0.337 e. The van der Waals surface area contributed by atoms with Gasteiger partial charge in [-0.2, -0.15) is 0 Å². The molecule has 1 aromatic heterocycles. The van der Waals surface area contributed by atoms with Crippen molar-refractivity contribution in [2.45, 2.75) is 0 Å². The first-order chi connectivity index (χ1) is 8.06. The van der Waals surface area contributed by atoms with E-state index in [0.717, 1.165) is 12.1 Å². The highest BCUT2D eigenvalue weighted by Gasteiger charge is 2.10. The monoisotopic (exact) mass is 318 g/mol. The Bertz CT molecular complexity index is 540. The summed E-state index contributed by atoms with van der Waals surface area (Å²) in [6.45, 7) is 0. The molecule has 6 heteroatoms. The van der Waals surface area contributed by atoms with Crippen LogP contribution >= 0.6 is 27.5 Å². The Morgan fingerprint density at radius 1 is 1.24 bits per heavy atom. The molecule has 1 heterocycles. The second-order valence-corrected chi connectivity index (χ2v) is 4.43. The van der Waals surface area contributed by atoms with Crippen LogP contribution in [0.3, 0.4) is 0 Å².